The fraction of sp³-hybridized carbons (Fsp3) is 0.150. The molecule has 0 spiro atoms. The van der Waals surface area contributed by atoms with E-state index in [0.717, 1.165) is 40.3 Å². The Kier molecular flexibility index (Phi) is 4.64. The highest BCUT2D eigenvalue weighted by molar-refractivity contribution is 7.19. The molecule has 3 aromatic rings. The van der Waals surface area contributed by atoms with Gasteiger partial charge in [-0.3, -0.25) is 14.9 Å². The molecule has 5 nitrogen and oxygen atoms in total. The van der Waals surface area contributed by atoms with Crippen molar-refractivity contribution in [3.05, 3.63) is 70.4 Å². The fourth-order valence-corrected chi connectivity index (χ4v) is 4.45. The predicted octanol–water partition coefficient (Wildman–Crippen LogP) is 3.93. The Bertz CT molecular complexity index is 1090. The molecule has 1 aliphatic carbocycles. The van der Waals surface area contributed by atoms with Crippen molar-refractivity contribution >= 4 is 28.3 Å². The van der Waals surface area contributed by atoms with E-state index in [1.807, 2.05) is 6.07 Å². The molecular weight excluding hydrogens is 384 g/mol. The summed E-state index contributed by atoms with van der Waals surface area (Å²) < 4.78 is 27.7. The third-order valence-corrected chi connectivity index (χ3v) is 5.68. The molecule has 28 heavy (non-hydrogen) atoms. The molecule has 1 aromatic heterocycles. The zero-order valence-electron chi connectivity index (χ0n) is 14.6. The third kappa shape index (κ3) is 3.16. The largest absolute Gasteiger partial charge is 0.366 e. The average molecular weight is 399 g/mol. The number of hydrogen-bond donors (Lipinski definition) is 2. The second-order valence-electron chi connectivity index (χ2n) is 6.40. The summed E-state index contributed by atoms with van der Waals surface area (Å²) in [6.45, 7) is 0. The Labute approximate surface area is 163 Å². The smallest absolute Gasteiger partial charge is 0.263 e. The number of rotatable bonds is 3. The van der Waals surface area contributed by atoms with Crippen molar-refractivity contribution in [2.24, 2.45) is 5.73 Å². The zero-order valence-corrected chi connectivity index (χ0v) is 15.4. The number of aromatic nitrogens is 1. The second-order valence-corrected chi connectivity index (χ2v) is 7.39. The van der Waals surface area contributed by atoms with Crippen LogP contribution in [0.5, 0.6) is 0 Å². The van der Waals surface area contributed by atoms with Crippen LogP contribution in [0.1, 0.15) is 38.4 Å². The summed E-state index contributed by atoms with van der Waals surface area (Å²) in [4.78, 5) is 29.3. The van der Waals surface area contributed by atoms with Crippen molar-refractivity contribution in [2.45, 2.75) is 19.3 Å². The summed E-state index contributed by atoms with van der Waals surface area (Å²) >= 11 is 1.21. The Balaban J connectivity index is 1.72. The maximum atomic E-state index is 13.8. The number of hydrogen-bond acceptors (Lipinski definition) is 4. The molecule has 0 aliphatic heterocycles. The van der Waals surface area contributed by atoms with Crippen LogP contribution in [0, 0.1) is 11.6 Å². The molecule has 1 heterocycles. The van der Waals surface area contributed by atoms with Gasteiger partial charge in [-0.05, 0) is 48.6 Å². The van der Waals surface area contributed by atoms with Crippen molar-refractivity contribution in [3.8, 4) is 10.4 Å². The minimum Gasteiger partial charge on any atom is -0.366 e. The maximum Gasteiger partial charge on any atom is 0.263 e. The van der Waals surface area contributed by atoms with Gasteiger partial charge in [0.2, 0.25) is 5.91 Å². The highest BCUT2D eigenvalue weighted by Gasteiger charge is 2.24. The molecule has 1 aliphatic rings. The molecule has 2 aromatic carbocycles. The van der Waals surface area contributed by atoms with Crippen LogP contribution in [0.3, 0.4) is 0 Å². The van der Waals surface area contributed by atoms with Crippen molar-refractivity contribution in [3.63, 3.8) is 0 Å². The van der Waals surface area contributed by atoms with E-state index in [1.165, 1.54) is 17.4 Å². The molecule has 0 saturated heterocycles. The van der Waals surface area contributed by atoms with Gasteiger partial charge in [-0.1, -0.05) is 29.5 Å². The molecule has 0 saturated carbocycles. The first kappa shape index (κ1) is 18.2. The summed E-state index contributed by atoms with van der Waals surface area (Å²) in [5, 5.41) is 2.73. The zero-order chi connectivity index (χ0) is 19.8. The van der Waals surface area contributed by atoms with Crippen molar-refractivity contribution in [1.29, 1.82) is 0 Å². The van der Waals surface area contributed by atoms with Gasteiger partial charge in [-0.25, -0.2) is 13.8 Å². The van der Waals surface area contributed by atoms with Gasteiger partial charge in [-0.15, -0.1) is 0 Å². The number of nitrogens with zero attached hydrogens (tertiary/aromatic N) is 1. The number of benzene rings is 2. The second kappa shape index (κ2) is 7.12. The molecule has 0 bridgehead atoms. The van der Waals surface area contributed by atoms with Gasteiger partial charge < -0.3 is 5.73 Å². The summed E-state index contributed by atoms with van der Waals surface area (Å²) in [7, 11) is 0. The van der Waals surface area contributed by atoms with Gasteiger partial charge in [0.25, 0.3) is 5.91 Å². The van der Waals surface area contributed by atoms with E-state index in [0.29, 0.717) is 18.4 Å². The van der Waals surface area contributed by atoms with E-state index >= 15 is 0 Å². The first-order chi connectivity index (χ1) is 13.5. The predicted molar refractivity (Wildman–Crippen MR) is 102 cm³/mol. The summed E-state index contributed by atoms with van der Waals surface area (Å²) in [5.74, 6) is -3.27. The Morgan fingerprint density at radius 3 is 2.50 bits per heavy atom. The van der Waals surface area contributed by atoms with Gasteiger partial charge in [-0.2, -0.15) is 0 Å². The lowest BCUT2D eigenvalue weighted by Crippen LogP contribution is -2.15. The summed E-state index contributed by atoms with van der Waals surface area (Å²) in [6.07, 6.45) is 2.12. The Hall–Kier alpha value is -3.13. The molecule has 142 valence electrons. The monoisotopic (exact) mass is 399 g/mol. The summed E-state index contributed by atoms with van der Waals surface area (Å²) in [5.41, 5.74) is 7.79. The molecule has 0 atom stereocenters. The Morgan fingerprint density at radius 1 is 1.07 bits per heavy atom. The molecule has 2 amide bonds. The first-order valence-corrected chi connectivity index (χ1v) is 9.44. The molecule has 4 rings (SSSR count). The van der Waals surface area contributed by atoms with Gasteiger partial charge in [0.05, 0.1) is 10.6 Å². The number of thiazole rings is 1. The SMILES string of the molecule is NC(=O)c1cccc2c1CCCc1nc(NC(=O)c3c(F)cccc3F)sc1-2. The number of fused-ring (bicyclic) bond motifs is 3. The number of aryl methyl sites for hydroxylation is 1. The fourth-order valence-electron chi connectivity index (χ4n) is 3.39. The number of halogens is 2. The van der Waals surface area contributed by atoms with Crippen LogP contribution < -0.4 is 11.1 Å². The van der Waals surface area contributed by atoms with E-state index in [-0.39, 0.29) is 5.13 Å². The number of carbonyl (C=O) groups excluding carboxylic acids is 2. The number of amides is 2. The van der Waals surface area contributed by atoms with Crippen molar-refractivity contribution in [2.75, 3.05) is 5.32 Å². The minimum atomic E-state index is -0.938. The van der Waals surface area contributed by atoms with E-state index < -0.39 is 29.0 Å². The Morgan fingerprint density at radius 2 is 1.79 bits per heavy atom. The van der Waals surface area contributed by atoms with E-state index in [2.05, 4.69) is 10.3 Å². The molecule has 8 heteroatoms. The third-order valence-electron chi connectivity index (χ3n) is 4.63. The average Bonchev–Trinajstić information content (AvgIpc) is 2.95. The molecule has 0 unspecified atom stereocenters. The summed E-state index contributed by atoms with van der Waals surface area (Å²) in [6, 6.07) is 8.57. The van der Waals surface area contributed by atoms with Gasteiger partial charge in [0, 0.05) is 5.56 Å². The van der Waals surface area contributed by atoms with Gasteiger partial charge >= 0.3 is 0 Å². The highest BCUT2D eigenvalue weighted by atomic mass is 32.1. The number of nitrogens with two attached hydrogens (primary N) is 1. The van der Waals surface area contributed by atoms with Crippen LogP contribution in [-0.2, 0) is 12.8 Å². The van der Waals surface area contributed by atoms with Crippen LogP contribution in [0.4, 0.5) is 13.9 Å². The minimum absolute atomic E-state index is 0.245. The van der Waals surface area contributed by atoms with Crippen LogP contribution in [0.2, 0.25) is 0 Å². The van der Waals surface area contributed by atoms with Gasteiger partial charge in [0.1, 0.15) is 17.2 Å². The number of anilines is 1. The molecule has 0 radical (unpaired) electrons. The number of nitrogens with one attached hydrogen (secondary N) is 1. The number of carbonyl (C=O) groups is 2. The van der Waals surface area contributed by atoms with E-state index in [4.69, 9.17) is 5.73 Å². The lowest BCUT2D eigenvalue weighted by atomic mass is 9.97. The molecular formula is C20H15F2N3O2S. The first-order valence-electron chi connectivity index (χ1n) is 8.63. The van der Waals surface area contributed by atoms with Gasteiger partial charge in [0.15, 0.2) is 5.13 Å². The highest BCUT2D eigenvalue weighted by Crippen LogP contribution is 2.39. The van der Waals surface area contributed by atoms with Crippen LogP contribution in [0.25, 0.3) is 10.4 Å². The molecule has 3 N–H and O–H groups in total. The lowest BCUT2D eigenvalue weighted by Gasteiger charge is -2.09. The van der Waals surface area contributed by atoms with Crippen molar-refractivity contribution in [1.82, 2.24) is 4.98 Å². The van der Waals surface area contributed by atoms with E-state index in [1.54, 1.807) is 12.1 Å². The van der Waals surface area contributed by atoms with E-state index in [9.17, 15) is 18.4 Å². The van der Waals surface area contributed by atoms with Crippen molar-refractivity contribution < 1.29 is 18.4 Å². The topological polar surface area (TPSA) is 85.1 Å². The molecule has 0 fully saturated rings. The van der Waals surface area contributed by atoms with Crippen LogP contribution >= 0.6 is 11.3 Å². The quantitative estimate of drug-likeness (QED) is 0.700. The van der Waals surface area contributed by atoms with Crippen LogP contribution in [0.15, 0.2) is 36.4 Å². The maximum absolute atomic E-state index is 13.8. The normalized spacial score (nSPS) is 12.6. The lowest BCUT2D eigenvalue weighted by molar-refractivity contribution is 0.0995. The van der Waals surface area contributed by atoms with Crippen LogP contribution in [-0.4, -0.2) is 16.8 Å². The standard InChI is InChI=1S/C20H15F2N3O2S/c21-13-7-3-8-14(22)16(13)19(27)25-20-24-15-9-2-4-10-11(17(15)28-20)5-1-6-12(10)18(23)26/h1,3,5-8H,2,4,9H2,(H2,23,26)(H,24,25,27). The number of primary amides is 1.